The number of aromatic hydroxyl groups is 1. The van der Waals surface area contributed by atoms with E-state index in [0.717, 1.165) is 24.1 Å². The molecule has 0 saturated carbocycles. The number of aromatic amines is 1. The molecule has 0 unspecified atom stereocenters. The highest BCUT2D eigenvalue weighted by Gasteiger charge is 2.00. The second kappa shape index (κ2) is 7.28. The van der Waals surface area contributed by atoms with Crippen LogP contribution in [0.2, 0.25) is 0 Å². The zero-order valence-electron chi connectivity index (χ0n) is 12.0. The normalized spacial score (nSPS) is 10.9. The Kier molecular flexibility index (Phi) is 5.15. The molecule has 0 aliphatic carbocycles. The molecule has 5 nitrogen and oxygen atoms in total. The number of carbonyl (C=O) groups is 1. The molecule has 0 fully saturated rings. The second-order valence-corrected chi connectivity index (χ2v) is 4.84. The molecule has 0 atom stereocenters. The van der Waals surface area contributed by atoms with E-state index in [2.05, 4.69) is 15.5 Å². The van der Waals surface area contributed by atoms with E-state index in [9.17, 15) is 4.79 Å². The predicted octanol–water partition coefficient (Wildman–Crippen LogP) is 2.19. The predicted molar refractivity (Wildman–Crippen MR) is 81.8 cm³/mol. The highest BCUT2D eigenvalue weighted by Crippen LogP contribution is 2.10. The topological polar surface area (TPSA) is 78.0 Å². The Labute approximate surface area is 123 Å². The van der Waals surface area contributed by atoms with Crippen LogP contribution in [0.25, 0.3) is 6.08 Å². The summed E-state index contributed by atoms with van der Waals surface area (Å²) < 4.78 is 0. The minimum absolute atomic E-state index is 0.119. The van der Waals surface area contributed by atoms with Crippen molar-refractivity contribution in [1.29, 1.82) is 0 Å². The molecule has 21 heavy (non-hydrogen) atoms. The summed E-state index contributed by atoms with van der Waals surface area (Å²) in [5.41, 5.74) is 3.13. The van der Waals surface area contributed by atoms with Crippen LogP contribution in [0.4, 0.5) is 0 Å². The number of rotatable bonds is 6. The van der Waals surface area contributed by atoms with Gasteiger partial charge in [-0.25, -0.2) is 0 Å². The van der Waals surface area contributed by atoms with Crippen LogP contribution in [0.1, 0.15) is 23.2 Å². The van der Waals surface area contributed by atoms with E-state index in [0.29, 0.717) is 6.54 Å². The van der Waals surface area contributed by atoms with Gasteiger partial charge in [-0.1, -0.05) is 12.1 Å². The lowest BCUT2D eigenvalue weighted by Crippen LogP contribution is -2.22. The first-order chi connectivity index (χ1) is 10.1. The van der Waals surface area contributed by atoms with Crippen molar-refractivity contribution in [2.45, 2.75) is 19.8 Å². The first kappa shape index (κ1) is 14.8. The van der Waals surface area contributed by atoms with Crippen molar-refractivity contribution in [2.75, 3.05) is 6.54 Å². The molecule has 0 saturated heterocycles. The summed E-state index contributed by atoms with van der Waals surface area (Å²) >= 11 is 0. The first-order valence-corrected chi connectivity index (χ1v) is 6.89. The van der Waals surface area contributed by atoms with Crippen LogP contribution in [0.15, 0.2) is 36.5 Å². The molecule has 0 aliphatic heterocycles. The minimum Gasteiger partial charge on any atom is -0.508 e. The zero-order chi connectivity index (χ0) is 15.1. The lowest BCUT2D eigenvalue weighted by atomic mass is 10.1. The van der Waals surface area contributed by atoms with Crippen LogP contribution >= 0.6 is 0 Å². The van der Waals surface area contributed by atoms with Crippen LogP contribution in [0, 0.1) is 6.92 Å². The van der Waals surface area contributed by atoms with Crippen molar-refractivity contribution in [3.8, 4) is 5.75 Å². The molecule has 2 rings (SSSR count). The third kappa shape index (κ3) is 4.80. The number of amides is 1. The fourth-order valence-corrected chi connectivity index (χ4v) is 1.93. The number of carbonyl (C=O) groups excluding carboxylic acids is 1. The Morgan fingerprint density at radius 3 is 2.81 bits per heavy atom. The molecule has 110 valence electrons. The lowest BCUT2D eigenvalue weighted by molar-refractivity contribution is -0.116. The summed E-state index contributed by atoms with van der Waals surface area (Å²) in [6, 6.07) is 6.68. The molecule has 3 N–H and O–H groups in total. The Bertz CT molecular complexity index is 615. The van der Waals surface area contributed by atoms with E-state index >= 15 is 0 Å². The van der Waals surface area contributed by atoms with Crippen LogP contribution in [-0.4, -0.2) is 27.8 Å². The SMILES string of the molecule is Cc1[nH]ncc1CCCNC(=O)C=Cc1ccc(O)cc1. The number of H-pyrrole nitrogens is 1. The van der Waals surface area contributed by atoms with Crippen LogP contribution in [0.3, 0.4) is 0 Å². The third-order valence-corrected chi connectivity index (χ3v) is 3.18. The Morgan fingerprint density at radius 2 is 2.14 bits per heavy atom. The Balaban J connectivity index is 1.70. The van der Waals surface area contributed by atoms with Gasteiger partial charge in [0.1, 0.15) is 5.75 Å². The van der Waals surface area contributed by atoms with Crippen molar-refractivity contribution in [1.82, 2.24) is 15.5 Å². The number of hydrogen-bond acceptors (Lipinski definition) is 3. The minimum atomic E-state index is -0.119. The standard InChI is InChI=1S/C16H19N3O2/c1-12-14(11-18-19-12)3-2-10-17-16(21)9-6-13-4-7-15(20)8-5-13/h4-9,11,20H,2-3,10H2,1H3,(H,17,21)(H,18,19). The maximum atomic E-state index is 11.6. The van der Waals surface area contributed by atoms with Crippen LogP contribution in [0.5, 0.6) is 5.75 Å². The van der Waals surface area contributed by atoms with E-state index in [-0.39, 0.29) is 11.7 Å². The van der Waals surface area contributed by atoms with Gasteiger partial charge in [0.05, 0.1) is 6.20 Å². The lowest BCUT2D eigenvalue weighted by Gasteiger charge is -2.02. The number of nitrogens with one attached hydrogen (secondary N) is 2. The number of hydrogen-bond donors (Lipinski definition) is 3. The van der Waals surface area contributed by atoms with Crippen molar-refractivity contribution in [2.24, 2.45) is 0 Å². The second-order valence-electron chi connectivity index (χ2n) is 4.84. The third-order valence-electron chi connectivity index (χ3n) is 3.18. The van der Waals surface area contributed by atoms with Crippen molar-refractivity contribution in [3.05, 3.63) is 53.4 Å². The molecule has 1 aromatic carbocycles. The number of phenolic OH excluding ortho intramolecular Hbond substituents is 1. The van der Waals surface area contributed by atoms with E-state index in [4.69, 9.17) is 5.11 Å². The van der Waals surface area contributed by atoms with Gasteiger partial charge in [-0.05, 0) is 49.1 Å². The number of aryl methyl sites for hydroxylation is 2. The fraction of sp³-hybridized carbons (Fsp3) is 0.250. The van der Waals surface area contributed by atoms with Gasteiger partial charge in [-0.15, -0.1) is 0 Å². The Morgan fingerprint density at radius 1 is 1.38 bits per heavy atom. The van der Waals surface area contributed by atoms with E-state index in [1.165, 1.54) is 11.6 Å². The molecule has 0 radical (unpaired) electrons. The fourth-order valence-electron chi connectivity index (χ4n) is 1.93. The van der Waals surface area contributed by atoms with Crippen LogP contribution < -0.4 is 5.32 Å². The summed E-state index contributed by atoms with van der Waals surface area (Å²) in [7, 11) is 0. The summed E-state index contributed by atoms with van der Waals surface area (Å²) in [6.07, 6.45) is 6.80. The highest BCUT2D eigenvalue weighted by molar-refractivity contribution is 5.91. The maximum Gasteiger partial charge on any atom is 0.243 e. The molecular weight excluding hydrogens is 266 g/mol. The molecule has 0 bridgehead atoms. The molecule has 1 aromatic heterocycles. The van der Waals surface area contributed by atoms with E-state index < -0.39 is 0 Å². The van der Waals surface area contributed by atoms with Gasteiger partial charge in [-0.2, -0.15) is 5.10 Å². The summed E-state index contributed by atoms with van der Waals surface area (Å²) in [5.74, 6) is 0.0955. The molecule has 5 heteroatoms. The van der Waals surface area contributed by atoms with Crippen LogP contribution in [-0.2, 0) is 11.2 Å². The highest BCUT2D eigenvalue weighted by atomic mass is 16.3. The van der Waals surface area contributed by atoms with Gasteiger partial charge < -0.3 is 10.4 Å². The number of benzene rings is 1. The van der Waals surface area contributed by atoms with Crippen molar-refractivity contribution >= 4 is 12.0 Å². The van der Waals surface area contributed by atoms with Crippen molar-refractivity contribution in [3.63, 3.8) is 0 Å². The summed E-state index contributed by atoms with van der Waals surface area (Å²) in [6.45, 7) is 2.62. The van der Waals surface area contributed by atoms with Gasteiger partial charge in [0, 0.05) is 18.3 Å². The molecule has 1 heterocycles. The smallest absolute Gasteiger partial charge is 0.243 e. The maximum absolute atomic E-state index is 11.6. The first-order valence-electron chi connectivity index (χ1n) is 6.89. The largest absolute Gasteiger partial charge is 0.508 e. The number of nitrogens with zero attached hydrogens (tertiary/aromatic N) is 1. The number of aromatic nitrogens is 2. The molecule has 2 aromatic rings. The molecule has 1 amide bonds. The quantitative estimate of drug-likeness (QED) is 0.562. The zero-order valence-corrected chi connectivity index (χ0v) is 12.0. The van der Waals surface area contributed by atoms with Gasteiger partial charge in [-0.3, -0.25) is 9.89 Å². The monoisotopic (exact) mass is 285 g/mol. The molecular formula is C16H19N3O2. The van der Waals surface area contributed by atoms with Crippen molar-refractivity contribution < 1.29 is 9.90 Å². The Hall–Kier alpha value is -2.56. The van der Waals surface area contributed by atoms with Gasteiger partial charge >= 0.3 is 0 Å². The van der Waals surface area contributed by atoms with E-state index in [1.54, 1.807) is 30.3 Å². The summed E-state index contributed by atoms with van der Waals surface area (Å²) in [5, 5.41) is 18.9. The van der Waals surface area contributed by atoms with Gasteiger partial charge in [0.25, 0.3) is 0 Å². The van der Waals surface area contributed by atoms with E-state index in [1.807, 2.05) is 13.1 Å². The average Bonchev–Trinajstić information content (AvgIpc) is 2.88. The van der Waals surface area contributed by atoms with Gasteiger partial charge in [0.15, 0.2) is 0 Å². The average molecular weight is 285 g/mol. The molecule has 0 aliphatic rings. The number of phenols is 1. The van der Waals surface area contributed by atoms with Gasteiger partial charge in [0.2, 0.25) is 5.91 Å². The summed E-state index contributed by atoms with van der Waals surface area (Å²) in [4.78, 5) is 11.6. The molecule has 0 spiro atoms.